The van der Waals surface area contributed by atoms with E-state index in [-0.39, 0.29) is 17.7 Å². The molecule has 106 valence electrons. The van der Waals surface area contributed by atoms with Crippen LogP contribution in [0.3, 0.4) is 0 Å². The second-order valence-corrected chi connectivity index (χ2v) is 7.35. The molecule has 1 aliphatic carbocycles. The number of allylic oxidation sites excluding steroid dienone is 1. The molecule has 2 heterocycles. The molecule has 1 fully saturated rings. The predicted molar refractivity (Wildman–Crippen MR) is 80.3 cm³/mol. The first-order valence-corrected chi connectivity index (χ1v) is 7.96. The summed E-state index contributed by atoms with van der Waals surface area (Å²) in [4.78, 5) is 27.6. The van der Waals surface area contributed by atoms with Crippen LogP contribution in [-0.2, 0) is 11.3 Å². The van der Waals surface area contributed by atoms with Crippen LogP contribution in [0.4, 0.5) is 0 Å². The molecule has 1 saturated carbocycles. The van der Waals surface area contributed by atoms with E-state index in [0.717, 1.165) is 35.3 Å². The van der Waals surface area contributed by atoms with Gasteiger partial charge in [0.05, 0.1) is 11.6 Å². The number of ketones is 1. The van der Waals surface area contributed by atoms with E-state index in [0.29, 0.717) is 22.9 Å². The van der Waals surface area contributed by atoms with Crippen molar-refractivity contribution in [2.24, 2.45) is 0 Å². The summed E-state index contributed by atoms with van der Waals surface area (Å²) in [6, 6.07) is -0.311. The summed E-state index contributed by atoms with van der Waals surface area (Å²) in [6.45, 7) is 6.41. The highest BCUT2D eigenvalue weighted by atomic mass is 35.5. The highest BCUT2D eigenvalue weighted by Gasteiger charge is 2.39. The average molecular weight is 310 g/mol. The fourth-order valence-corrected chi connectivity index (χ4v) is 4.48. The molecule has 0 aromatic carbocycles. The van der Waals surface area contributed by atoms with Gasteiger partial charge >= 0.3 is 0 Å². The Morgan fingerprint density at radius 1 is 1.40 bits per heavy atom. The number of hydrogen-bond donors (Lipinski definition) is 0. The third-order valence-corrected chi connectivity index (χ3v) is 5.51. The third kappa shape index (κ3) is 2.11. The number of fused-ring (bicyclic) bond motifs is 1. The van der Waals surface area contributed by atoms with Gasteiger partial charge in [-0.15, -0.1) is 11.3 Å². The molecule has 0 radical (unpaired) electrons. The minimum Gasteiger partial charge on any atom is -0.324 e. The molecular weight excluding hydrogens is 294 g/mol. The van der Waals surface area contributed by atoms with Gasteiger partial charge in [-0.25, -0.2) is 0 Å². The molecule has 1 amide bonds. The number of aryl methyl sites for hydroxylation is 1. The Labute approximate surface area is 127 Å². The molecule has 3 nitrogen and oxygen atoms in total. The van der Waals surface area contributed by atoms with Crippen LogP contribution in [0.25, 0.3) is 0 Å². The van der Waals surface area contributed by atoms with Crippen molar-refractivity contribution in [2.45, 2.75) is 45.2 Å². The summed E-state index contributed by atoms with van der Waals surface area (Å²) in [5.74, 6) is 0.0312. The van der Waals surface area contributed by atoms with Gasteiger partial charge in [0.2, 0.25) is 0 Å². The number of nitrogens with zero attached hydrogens (tertiary/aromatic N) is 1. The average Bonchev–Trinajstić information content (AvgIpc) is 2.78. The van der Waals surface area contributed by atoms with Crippen LogP contribution < -0.4 is 0 Å². The second-order valence-electron chi connectivity index (χ2n) is 5.52. The van der Waals surface area contributed by atoms with Crippen molar-refractivity contribution in [3.8, 4) is 0 Å². The van der Waals surface area contributed by atoms with Crippen molar-refractivity contribution in [1.29, 1.82) is 0 Å². The van der Waals surface area contributed by atoms with Gasteiger partial charge in [0.25, 0.3) is 5.91 Å². The third-order valence-electron chi connectivity index (χ3n) is 4.15. The first-order valence-electron chi connectivity index (χ1n) is 6.77. The first kappa shape index (κ1) is 13.8. The van der Waals surface area contributed by atoms with E-state index in [1.165, 1.54) is 11.3 Å². The minimum atomic E-state index is -0.311. The Morgan fingerprint density at radius 2 is 2.15 bits per heavy atom. The SMILES string of the molecule is C=C1CCCC(N2Cc3c(C)sc(Cl)c3C2=O)C(=O)C1. The summed E-state index contributed by atoms with van der Waals surface area (Å²) >= 11 is 7.60. The monoisotopic (exact) mass is 309 g/mol. The van der Waals surface area contributed by atoms with E-state index in [1.807, 2.05) is 6.92 Å². The first-order chi connectivity index (χ1) is 9.49. The molecule has 0 spiro atoms. The van der Waals surface area contributed by atoms with Gasteiger partial charge in [-0.05, 0) is 31.7 Å². The summed E-state index contributed by atoms with van der Waals surface area (Å²) in [5.41, 5.74) is 2.60. The van der Waals surface area contributed by atoms with E-state index in [2.05, 4.69) is 6.58 Å². The molecule has 1 atom stereocenters. The van der Waals surface area contributed by atoms with Crippen LogP contribution in [0, 0.1) is 6.92 Å². The van der Waals surface area contributed by atoms with E-state index in [1.54, 1.807) is 4.90 Å². The Balaban J connectivity index is 1.90. The lowest BCUT2D eigenvalue weighted by molar-refractivity contribution is -0.122. The van der Waals surface area contributed by atoms with Crippen molar-refractivity contribution in [1.82, 2.24) is 4.90 Å². The smallest absolute Gasteiger partial charge is 0.257 e. The van der Waals surface area contributed by atoms with Crippen LogP contribution in [0.5, 0.6) is 0 Å². The summed E-state index contributed by atoms with van der Waals surface area (Å²) in [6.07, 6.45) is 2.92. The van der Waals surface area contributed by atoms with E-state index >= 15 is 0 Å². The standard InChI is InChI=1S/C15H16ClNO2S/c1-8-4-3-5-11(12(18)6-8)17-7-10-9(2)20-14(16)13(10)15(17)19/h11H,1,3-7H2,2H3. The molecule has 1 unspecified atom stereocenters. The van der Waals surface area contributed by atoms with Gasteiger partial charge in [-0.3, -0.25) is 9.59 Å². The fourth-order valence-electron chi connectivity index (χ4n) is 3.07. The zero-order chi connectivity index (χ0) is 14.4. The number of amides is 1. The van der Waals surface area contributed by atoms with Gasteiger partial charge in [0.15, 0.2) is 5.78 Å². The number of thiophene rings is 1. The van der Waals surface area contributed by atoms with E-state index in [4.69, 9.17) is 11.6 Å². The van der Waals surface area contributed by atoms with Crippen molar-refractivity contribution < 1.29 is 9.59 Å². The molecule has 0 bridgehead atoms. The number of carbonyl (C=O) groups is 2. The van der Waals surface area contributed by atoms with Crippen molar-refractivity contribution in [2.75, 3.05) is 0 Å². The maximum Gasteiger partial charge on any atom is 0.257 e. The number of hydrogen-bond acceptors (Lipinski definition) is 3. The van der Waals surface area contributed by atoms with Gasteiger partial charge in [0.1, 0.15) is 4.34 Å². The number of halogens is 1. The van der Waals surface area contributed by atoms with Gasteiger partial charge in [-0.1, -0.05) is 23.8 Å². The molecular formula is C15H16ClNO2S. The predicted octanol–water partition coefficient (Wildman–Crippen LogP) is 3.73. The van der Waals surface area contributed by atoms with Gasteiger partial charge in [0, 0.05) is 17.8 Å². The van der Waals surface area contributed by atoms with E-state index in [9.17, 15) is 9.59 Å². The normalized spacial score (nSPS) is 23.2. The molecule has 1 aromatic heterocycles. The van der Waals surface area contributed by atoms with E-state index < -0.39 is 0 Å². The minimum absolute atomic E-state index is 0.0831. The molecule has 20 heavy (non-hydrogen) atoms. The molecule has 2 aliphatic rings. The van der Waals surface area contributed by atoms with Crippen molar-refractivity contribution in [3.05, 3.63) is 32.5 Å². The summed E-state index contributed by atoms with van der Waals surface area (Å²) in [7, 11) is 0. The van der Waals surface area contributed by atoms with Crippen LogP contribution in [-0.4, -0.2) is 22.6 Å². The zero-order valence-electron chi connectivity index (χ0n) is 11.4. The lowest BCUT2D eigenvalue weighted by atomic mass is 10.1. The van der Waals surface area contributed by atoms with Crippen molar-refractivity contribution >= 4 is 34.6 Å². The van der Waals surface area contributed by atoms with Gasteiger partial charge < -0.3 is 4.90 Å². The Bertz CT molecular complexity index is 620. The summed E-state index contributed by atoms with van der Waals surface area (Å²) < 4.78 is 0.551. The number of rotatable bonds is 1. The van der Waals surface area contributed by atoms with Gasteiger partial charge in [-0.2, -0.15) is 0 Å². The van der Waals surface area contributed by atoms with Crippen LogP contribution in [0.2, 0.25) is 4.34 Å². The molecule has 5 heteroatoms. The molecule has 1 aromatic rings. The van der Waals surface area contributed by atoms with Crippen LogP contribution in [0.15, 0.2) is 12.2 Å². The highest BCUT2D eigenvalue weighted by molar-refractivity contribution is 7.16. The zero-order valence-corrected chi connectivity index (χ0v) is 12.9. The Morgan fingerprint density at radius 3 is 2.85 bits per heavy atom. The van der Waals surface area contributed by atoms with Crippen LogP contribution >= 0.6 is 22.9 Å². The maximum absolute atomic E-state index is 12.5. The number of Topliss-reactive ketones (excluding diaryl/α,β-unsaturated/α-hetero) is 1. The second kappa shape index (κ2) is 5.01. The summed E-state index contributed by atoms with van der Waals surface area (Å²) in [5, 5.41) is 0. The quantitative estimate of drug-likeness (QED) is 0.585. The Hall–Kier alpha value is -1.13. The highest BCUT2D eigenvalue weighted by Crippen LogP contribution is 2.40. The lowest BCUT2D eigenvalue weighted by Crippen LogP contribution is -2.40. The van der Waals surface area contributed by atoms with Crippen LogP contribution in [0.1, 0.15) is 46.5 Å². The molecule has 3 rings (SSSR count). The van der Waals surface area contributed by atoms with Crippen molar-refractivity contribution in [3.63, 3.8) is 0 Å². The Kier molecular flexibility index (Phi) is 3.46. The molecule has 0 saturated heterocycles. The molecule has 1 aliphatic heterocycles. The molecule has 0 N–H and O–H groups in total. The number of carbonyl (C=O) groups excluding carboxylic acids is 2. The largest absolute Gasteiger partial charge is 0.324 e. The maximum atomic E-state index is 12.5. The lowest BCUT2D eigenvalue weighted by Gasteiger charge is -2.25. The topological polar surface area (TPSA) is 37.4 Å². The fraction of sp³-hybridized carbons (Fsp3) is 0.467.